The van der Waals surface area contributed by atoms with Crippen LogP contribution in [0.15, 0.2) is 84.9 Å². The van der Waals surface area contributed by atoms with Crippen molar-refractivity contribution in [1.29, 1.82) is 0 Å². The maximum absolute atomic E-state index is 13.9. The molecule has 1 aliphatic rings. The fourth-order valence-electron chi connectivity index (χ4n) is 4.57. The van der Waals surface area contributed by atoms with Gasteiger partial charge >= 0.3 is 0 Å². The summed E-state index contributed by atoms with van der Waals surface area (Å²) in [5, 5.41) is 8.16. The van der Waals surface area contributed by atoms with E-state index in [1.54, 1.807) is 49.0 Å². The topological polar surface area (TPSA) is 76.5 Å². The Balaban J connectivity index is 1.54. The van der Waals surface area contributed by atoms with Crippen molar-refractivity contribution >= 4 is 29.1 Å². The zero-order chi connectivity index (χ0) is 25.3. The summed E-state index contributed by atoms with van der Waals surface area (Å²) in [7, 11) is 1.59. The minimum atomic E-state index is -1.27. The number of nitrogens with zero attached hydrogens (tertiary/aromatic N) is 3. The first kappa shape index (κ1) is 23.6. The molecule has 182 valence electrons. The van der Waals surface area contributed by atoms with Gasteiger partial charge in [-0.3, -0.25) is 19.2 Å². The van der Waals surface area contributed by atoms with E-state index in [1.807, 2.05) is 54.6 Å². The largest absolute Gasteiger partial charge is 0.496 e. The quantitative estimate of drug-likeness (QED) is 0.406. The Morgan fingerprint density at radius 3 is 2.56 bits per heavy atom. The molecule has 1 atom stereocenters. The number of para-hydroxylation sites is 1. The van der Waals surface area contributed by atoms with Gasteiger partial charge in [0.15, 0.2) is 0 Å². The fourth-order valence-corrected chi connectivity index (χ4v) is 4.75. The molecule has 0 saturated carbocycles. The molecule has 3 aromatic carbocycles. The first-order chi connectivity index (χ1) is 17.4. The second-order valence-corrected chi connectivity index (χ2v) is 9.26. The minimum Gasteiger partial charge on any atom is -0.496 e. The van der Waals surface area contributed by atoms with Gasteiger partial charge in [0.1, 0.15) is 17.0 Å². The van der Waals surface area contributed by atoms with Crippen LogP contribution in [0.1, 0.15) is 23.0 Å². The molecule has 4 aromatic rings. The van der Waals surface area contributed by atoms with E-state index >= 15 is 0 Å². The van der Waals surface area contributed by atoms with E-state index in [-0.39, 0.29) is 24.9 Å². The Kier molecular flexibility index (Phi) is 6.24. The number of carbonyl (C=O) groups excluding carboxylic acids is 2. The van der Waals surface area contributed by atoms with E-state index in [4.69, 9.17) is 16.3 Å². The highest BCUT2D eigenvalue weighted by Gasteiger charge is 2.49. The van der Waals surface area contributed by atoms with E-state index in [1.165, 1.54) is 4.90 Å². The average Bonchev–Trinajstić information content (AvgIpc) is 3.32. The summed E-state index contributed by atoms with van der Waals surface area (Å²) < 4.78 is 7.04. The van der Waals surface area contributed by atoms with Crippen molar-refractivity contribution in [2.24, 2.45) is 0 Å². The molecule has 0 unspecified atom stereocenters. The number of halogens is 1. The Labute approximate surface area is 214 Å². The summed E-state index contributed by atoms with van der Waals surface area (Å²) >= 11 is 6.27. The molecule has 0 aliphatic carbocycles. The number of amides is 2. The van der Waals surface area contributed by atoms with Crippen LogP contribution in [0.3, 0.4) is 0 Å². The number of hydrogen-bond donors (Lipinski definition) is 1. The van der Waals surface area contributed by atoms with Crippen molar-refractivity contribution in [1.82, 2.24) is 15.1 Å². The van der Waals surface area contributed by atoms with Gasteiger partial charge in [0.2, 0.25) is 5.91 Å². The standard InChI is InChI=1S/C28H25ClN4O3/c1-28(27(35)30-17-20-11-6-7-14-25(20)36-2)18-32-24(16-23(31-32)19-9-4-3-5-10-19)26(34)33(28)22-13-8-12-21(29)15-22/h3-16H,17-18H2,1-2H3,(H,30,35)/t28-/m0/s1. The Morgan fingerprint density at radius 1 is 1.06 bits per heavy atom. The van der Waals surface area contributed by atoms with Crippen molar-refractivity contribution in [3.8, 4) is 17.0 Å². The van der Waals surface area contributed by atoms with Gasteiger partial charge in [-0.2, -0.15) is 5.10 Å². The van der Waals surface area contributed by atoms with Gasteiger partial charge in [0.05, 0.1) is 19.3 Å². The summed E-state index contributed by atoms with van der Waals surface area (Å²) in [6.07, 6.45) is 0. The lowest BCUT2D eigenvalue weighted by atomic mass is 9.93. The number of aromatic nitrogens is 2. The lowest BCUT2D eigenvalue weighted by molar-refractivity contribution is -0.126. The zero-order valence-electron chi connectivity index (χ0n) is 19.9. The number of benzene rings is 3. The molecule has 0 saturated heterocycles. The number of rotatable bonds is 6. The Bertz CT molecular complexity index is 1440. The van der Waals surface area contributed by atoms with Crippen LogP contribution in [0.4, 0.5) is 5.69 Å². The highest BCUT2D eigenvalue weighted by Crippen LogP contribution is 2.35. The molecule has 2 heterocycles. The van der Waals surface area contributed by atoms with Gasteiger partial charge in [0, 0.05) is 28.4 Å². The van der Waals surface area contributed by atoms with Crippen molar-refractivity contribution in [2.45, 2.75) is 25.6 Å². The summed E-state index contributed by atoms with van der Waals surface area (Å²) in [6, 6.07) is 25.9. The number of nitrogens with one attached hydrogen (secondary N) is 1. The van der Waals surface area contributed by atoms with Crippen LogP contribution in [-0.4, -0.2) is 34.2 Å². The van der Waals surface area contributed by atoms with Crippen LogP contribution in [-0.2, 0) is 17.9 Å². The van der Waals surface area contributed by atoms with Crippen molar-refractivity contribution in [2.75, 3.05) is 12.0 Å². The molecule has 0 spiro atoms. The van der Waals surface area contributed by atoms with Crippen molar-refractivity contribution < 1.29 is 14.3 Å². The molecular formula is C28H25ClN4O3. The first-order valence-electron chi connectivity index (χ1n) is 11.5. The molecule has 0 bridgehead atoms. The second-order valence-electron chi connectivity index (χ2n) is 8.83. The molecule has 1 aliphatic heterocycles. The molecule has 5 rings (SSSR count). The van der Waals surface area contributed by atoms with E-state index in [0.29, 0.717) is 27.8 Å². The Morgan fingerprint density at radius 2 is 1.81 bits per heavy atom. The monoisotopic (exact) mass is 500 g/mol. The first-order valence-corrected chi connectivity index (χ1v) is 11.9. The summed E-state index contributed by atoms with van der Waals surface area (Å²) in [6.45, 7) is 2.17. The fraction of sp³-hybridized carbons (Fsp3) is 0.179. The lowest BCUT2D eigenvalue weighted by Gasteiger charge is -2.43. The number of anilines is 1. The number of carbonyl (C=O) groups is 2. The molecule has 0 fully saturated rings. The summed E-state index contributed by atoms with van der Waals surface area (Å²) in [4.78, 5) is 29.2. The molecule has 36 heavy (non-hydrogen) atoms. The molecule has 1 aromatic heterocycles. The molecule has 0 radical (unpaired) electrons. The highest BCUT2D eigenvalue weighted by molar-refractivity contribution is 6.31. The van der Waals surface area contributed by atoms with Gasteiger partial charge < -0.3 is 10.1 Å². The van der Waals surface area contributed by atoms with E-state index in [2.05, 4.69) is 10.4 Å². The maximum Gasteiger partial charge on any atom is 0.277 e. The third kappa shape index (κ3) is 4.22. The average molecular weight is 501 g/mol. The predicted molar refractivity (Wildman–Crippen MR) is 139 cm³/mol. The third-order valence-corrected chi connectivity index (χ3v) is 6.65. The van der Waals surface area contributed by atoms with Crippen LogP contribution in [0.25, 0.3) is 11.3 Å². The molecule has 7 nitrogen and oxygen atoms in total. The van der Waals surface area contributed by atoms with Crippen LogP contribution >= 0.6 is 11.6 Å². The number of fused-ring (bicyclic) bond motifs is 1. The van der Waals surface area contributed by atoms with E-state index in [9.17, 15) is 9.59 Å². The van der Waals surface area contributed by atoms with Crippen LogP contribution in [0, 0.1) is 0 Å². The van der Waals surface area contributed by atoms with Crippen LogP contribution in [0.2, 0.25) is 5.02 Å². The van der Waals surface area contributed by atoms with Gasteiger partial charge in [-0.25, -0.2) is 0 Å². The number of methoxy groups -OCH3 is 1. The molecule has 1 N–H and O–H groups in total. The highest BCUT2D eigenvalue weighted by atomic mass is 35.5. The molecule has 2 amide bonds. The van der Waals surface area contributed by atoms with Gasteiger partial charge in [-0.1, -0.05) is 66.2 Å². The maximum atomic E-state index is 13.9. The summed E-state index contributed by atoms with van der Waals surface area (Å²) in [5.74, 6) is 0.0357. The lowest BCUT2D eigenvalue weighted by Crippen LogP contribution is -2.64. The number of ether oxygens (including phenoxy) is 1. The normalized spacial score (nSPS) is 17.0. The van der Waals surface area contributed by atoms with Gasteiger partial charge in [-0.15, -0.1) is 0 Å². The predicted octanol–water partition coefficient (Wildman–Crippen LogP) is 4.95. The smallest absolute Gasteiger partial charge is 0.277 e. The third-order valence-electron chi connectivity index (χ3n) is 6.41. The van der Waals surface area contributed by atoms with Gasteiger partial charge in [-0.05, 0) is 37.3 Å². The molecular weight excluding hydrogens is 476 g/mol. The molecule has 8 heteroatoms. The van der Waals surface area contributed by atoms with E-state index in [0.717, 1.165) is 11.1 Å². The van der Waals surface area contributed by atoms with Gasteiger partial charge in [0.25, 0.3) is 5.91 Å². The van der Waals surface area contributed by atoms with Crippen LogP contribution < -0.4 is 15.0 Å². The van der Waals surface area contributed by atoms with Crippen molar-refractivity contribution in [3.63, 3.8) is 0 Å². The van der Waals surface area contributed by atoms with Crippen LogP contribution in [0.5, 0.6) is 5.75 Å². The van der Waals surface area contributed by atoms with E-state index < -0.39 is 5.54 Å². The second kappa shape index (κ2) is 9.51. The summed E-state index contributed by atoms with van der Waals surface area (Å²) in [5.41, 5.74) is 2.07. The van der Waals surface area contributed by atoms with Crippen molar-refractivity contribution in [3.05, 3.63) is 101 Å². The SMILES string of the molecule is COc1ccccc1CNC(=O)[C@]1(C)Cn2nc(-c3ccccc3)cc2C(=O)N1c1cccc(Cl)c1. The Hall–Kier alpha value is -4.10. The zero-order valence-corrected chi connectivity index (χ0v) is 20.7. The number of hydrogen-bond acceptors (Lipinski definition) is 4. The minimum absolute atomic E-state index is 0.172.